The van der Waals surface area contributed by atoms with Crippen LogP contribution >= 0.6 is 0 Å². The molecule has 2 aromatic rings. The van der Waals surface area contributed by atoms with Gasteiger partial charge in [0.2, 0.25) is 0 Å². The number of carbonyl (C=O) groups is 2. The molecule has 200 valence electrons. The Labute approximate surface area is 210 Å². The fourth-order valence-electron chi connectivity index (χ4n) is 5.15. The zero-order valence-electron chi connectivity index (χ0n) is 19.5. The summed E-state index contributed by atoms with van der Waals surface area (Å²) in [6.07, 6.45) is -2.74. The second kappa shape index (κ2) is 9.95. The fourth-order valence-corrected chi connectivity index (χ4v) is 7.25. The highest BCUT2D eigenvalue weighted by Crippen LogP contribution is 2.54. The van der Waals surface area contributed by atoms with Crippen molar-refractivity contribution in [2.45, 2.75) is 48.1 Å². The van der Waals surface area contributed by atoms with Crippen molar-refractivity contribution in [3.8, 4) is 11.5 Å². The normalized spacial score (nSPS) is 21.4. The number of nitrogens with one attached hydrogen (secondary N) is 2. The topological polar surface area (TPSA) is 131 Å². The Morgan fingerprint density at radius 1 is 0.919 bits per heavy atom. The number of hydroxylamine groups is 1. The number of hydrogen-bond acceptors (Lipinski definition) is 8. The summed E-state index contributed by atoms with van der Waals surface area (Å²) in [4.78, 5) is 24.9. The molecule has 13 heteroatoms. The Morgan fingerprint density at radius 2 is 1.51 bits per heavy atom. The van der Waals surface area contributed by atoms with Gasteiger partial charge in [0.05, 0.1) is 10.5 Å². The van der Waals surface area contributed by atoms with Gasteiger partial charge in [-0.05, 0) is 99.1 Å². The van der Waals surface area contributed by atoms with Crippen LogP contribution in [0, 0.1) is 5.41 Å². The second-order valence-corrected chi connectivity index (χ2v) is 11.6. The van der Waals surface area contributed by atoms with Crippen LogP contribution in [0.5, 0.6) is 11.5 Å². The molecule has 0 radical (unpaired) electrons. The average molecular weight is 543 g/mol. The van der Waals surface area contributed by atoms with Crippen molar-refractivity contribution in [1.82, 2.24) is 10.8 Å². The number of hydrogen-bond donors (Lipinski definition) is 3. The van der Waals surface area contributed by atoms with E-state index in [-0.39, 0.29) is 34.5 Å². The van der Waals surface area contributed by atoms with E-state index >= 15 is 0 Å². The van der Waals surface area contributed by atoms with Crippen molar-refractivity contribution in [2.75, 3.05) is 13.1 Å². The highest BCUT2D eigenvalue weighted by molar-refractivity contribution is 7.93. The maximum absolute atomic E-state index is 13.7. The second-order valence-electron chi connectivity index (χ2n) is 9.30. The molecule has 3 N–H and O–H groups in total. The third-order valence-corrected chi connectivity index (χ3v) is 9.54. The van der Waals surface area contributed by atoms with Gasteiger partial charge in [0.25, 0.3) is 5.91 Å². The summed E-state index contributed by atoms with van der Waals surface area (Å²) < 4.78 is 71.4. The lowest BCUT2D eigenvalue weighted by atomic mass is 9.77. The molecule has 1 saturated carbocycles. The first-order chi connectivity index (χ1) is 17.4. The third kappa shape index (κ3) is 5.43. The Balaban J connectivity index is 1.51. The molecule has 2 fully saturated rings. The van der Waals surface area contributed by atoms with E-state index in [4.69, 9.17) is 4.74 Å². The zero-order valence-corrected chi connectivity index (χ0v) is 20.3. The average Bonchev–Trinajstić information content (AvgIpc) is 3.24. The predicted octanol–water partition coefficient (Wildman–Crippen LogP) is 3.38. The monoisotopic (exact) mass is 542 g/mol. The van der Waals surface area contributed by atoms with Crippen molar-refractivity contribution in [2.24, 2.45) is 5.41 Å². The van der Waals surface area contributed by atoms with E-state index in [1.165, 1.54) is 24.3 Å². The first-order valence-electron chi connectivity index (χ1n) is 11.5. The molecular formula is C24H25F3N2O7S. The van der Waals surface area contributed by atoms with E-state index in [1.54, 1.807) is 5.48 Å². The Morgan fingerprint density at radius 3 is 2.08 bits per heavy atom. The van der Waals surface area contributed by atoms with E-state index in [0.717, 1.165) is 50.2 Å². The molecule has 1 amide bonds. The maximum Gasteiger partial charge on any atom is 0.573 e. The van der Waals surface area contributed by atoms with Crippen LogP contribution in [0.25, 0.3) is 0 Å². The lowest BCUT2D eigenvalue weighted by Crippen LogP contribution is -2.51. The Kier molecular flexibility index (Phi) is 7.23. The number of amides is 1. The number of rotatable bonds is 6. The largest absolute Gasteiger partial charge is 0.573 e. The fraction of sp³-hybridized carbons (Fsp3) is 0.417. The van der Waals surface area contributed by atoms with E-state index < -0.39 is 38.6 Å². The van der Waals surface area contributed by atoms with Crippen LogP contribution in [0.2, 0.25) is 0 Å². The lowest BCUT2D eigenvalue weighted by molar-refractivity contribution is -0.274. The highest BCUT2D eigenvalue weighted by Gasteiger charge is 2.60. The molecule has 1 atom stereocenters. The zero-order chi connectivity index (χ0) is 26.9. The number of sulfone groups is 1. The Bertz CT molecular complexity index is 1260. The summed E-state index contributed by atoms with van der Waals surface area (Å²) in [5.74, 6) is -2.37. The molecule has 2 aliphatic rings. The van der Waals surface area contributed by atoms with Gasteiger partial charge in [-0.3, -0.25) is 10.0 Å². The summed E-state index contributed by atoms with van der Waals surface area (Å²) >= 11 is 0. The molecule has 0 bridgehead atoms. The standard InChI is InChI=1S/C24H25F3N2O7S/c25-24(26,27)36-18-3-1-16(2-4-18)20(30)35-17-5-7-19(8-6-17)37(33,34)23(21(31)29-32)10-9-22(15-23)11-13-28-14-12-22/h1-8,28,32H,9-15H2,(H,29,31). The first-order valence-corrected chi connectivity index (χ1v) is 13.0. The summed E-state index contributed by atoms with van der Waals surface area (Å²) in [7, 11) is -4.24. The predicted molar refractivity (Wildman–Crippen MR) is 123 cm³/mol. The van der Waals surface area contributed by atoms with Crippen molar-refractivity contribution in [1.29, 1.82) is 0 Å². The Hall–Kier alpha value is -3.16. The minimum absolute atomic E-state index is 0.0125. The maximum atomic E-state index is 13.7. The number of alkyl halides is 3. The summed E-state index contributed by atoms with van der Waals surface area (Å²) in [5, 5.41) is 12.6. The van der Waals surface area contributed by atoms with Gasteiger partial charge in [-0.1, -0.05) is 0 Å². The minimum Gasteiger partial charge on any atom is -0.423 e. The molecule has 37 heavy (non-hydrogen) atoms. The molecule has 1 heterocycles. The van der Waals surface area contributed by atoms with Gasteiger partial charge >= 0.3 is 12.3 Å². The SMILES string of the molecule is O=C(Oc1ccc(S(=O)(=O)C2(C(=O)NO)CCC3(CCNCC3)C2)cc1)c1ccc(OC(F)(F)F)cc1. The number of piperidine rings is 1. The highest BCUT2D eigenvalue weighted by atomic mass is 32.2. The summed E-state index contributed by atoms with van der Waals surface area (Å²) in [5.41, 5.74) is 1.17. The van der Waals surface area contributed by atoms with Crippen LogP contribution in [0.3, 0.4) is 0 Å². The molecule has 1 spiro atoms. The minimum atomic E-state index is -4.87. The van der Waals surface area contributed by atoms with Crippen molar-refractivity contribution < 1.29 is 45.9 Å². The van der Waals surface area contributed by atoms with Crippen LogP contribution in [-0.2, 0) is 14.6 Å². The van der Waals surface area contributed by atoms with Crippen LogP contribution in [0.15, 0.2) is 53.4 Å². The van der Waals surface area contributed by atoms with Crippen LogP contribution in [0.4, 0.5) is 13.2 Å². The summed E-state index contributed by atoms with van der Waals surface area (Å²) in [6.45, 7) is 1.43. The molecule has 1 unspecified atom stereocenters. The first kappa shape index (κ1) is 26.9. The van der Waals surface area contributed by atoms with Gasteiger partial charge in [-0.15, -0.1) is 13.2 Å². The number of ether oxygens (including phenoxy) is 2. The number of esters is 1. The number of halogens is 3. The van der Waals surface area contributed by atoms with Crippen LogP contribution in [0.1, 0.15) is 42.5 Å². The van der Waals surface area contributed by atoms with Crippen molar-refractivity contribution in [3.05, 3.63) is 54.1 Å². The van der Waals surface area contributed by atoms with E-state index in [9.17, 15) is 36.4 Å². The molecule has 2 aromatic carbocycles. The van der Waals surface area contributed by atoms with Gasteiger partial charge in [0.1, 0.15) is 11.5 Å². The quantitative estimate of drug-likeness (QED) is 0.219. The van der Waals surface area contributed by atoms with Gasteiger partial charge in [-0.25, -0.2) is 18.7 Å². The number of carbonyl (C=O) groups excluding carboxylic acids is 2. The molecule has 0 aromatic heterocycles. The molecule has 9 nitrogen and oxygen atoms in total. The van der Waals surface area contributed by atoms with Crippen molar-refractivity contribution in [3.63, 3.8) is 0 Å². The summed E-state index contributed by atoms with van der Waals surface area (Å²) in [6, 6.07) is 9.00. The van der Waals surface area contributed by atoms with E-state index in [1.807, 2.05) is 0 Å². The van der Waals surface area contributed by atoms with Gasteiger partial charge in [0, 0.05) is 0 Å². The van der Waals surface area contributed by atoms with E-state index in [2.05, 4.69) is 10.1 Å². The third-order valence-electron chi connectivity index (χ3n) is 7.08. The molecule has 4 rings (SSSR count). The van der Waals surface area contributed by atoms with Gasteiger partial charge < -0.3 is 14.8 Å². The van der Waals surface area contributed by atoms with E-state index in [0.29, 0.717) is 6.42 Å². The molecule has 1 aliphatic heterocycles. The molecule has 1 aliphatic carbocycles. The number of benzene rings is 2. The molecular weight excluding hydrogens is 517 g/mol. The smallest absolute Gasteiger partial charge is 0.423 e. The van der Waals surface area contributed by atoms with Crippen molar-refractivity contribution >= 4 is 21.7 Å². The van der Waals surface area contributed by atoms with Crippen LogP contribution in [-0.4, -0.2) is 49.7 Å². The lowest BCUT2D eigenvalue weighted by Gasteiger charge is -2.36. The van der Waals surface area contributed by atoms with Gasteiger partial charge in [0.15, 0.2) is 14.6 Å². The molecule has 1 saturated heterocycles. The van der Waals surface area contributed by atoms with Crippen LogP contribution < -0.4 is 20.3 Å². The van der Waals surface area contributed by atoms with Gasteiger partial charge in [-0.2, -0.15) is 0 Å².